The van der Waals surface area contributed by atoms with Gasteiger partial charge in [0.25, 0.3) is 5.91 Å². The van der Waals surface area contributed by atoms with Gasteiger partial charge in [-0.1, -0.05) is 72.3 Å². The third-order valence-electron chi connectivity index (χ3n) is 5.65. The maximum absolute atomic E-state index is 14.5. The normalized spacial score (nSPS) is 11.1. The first kappa shape index (κ1) is 24.0. The summed E-state index contributed by atoms with van der Waals surface area (Å²) in [6.45, 7) is 0. The Morgan fingerprint density at radius 3 is 2.43 bits per heavy atom. The van der Waals surface area contributed by atoms with Crippen molar-refractivity contribution in [3.63, 3.8) is 0 Å². The second-order valence-electron chi connectivity index (χ2n) is 8.01. The predicted molar refractivity (Wildman–Crippen MR) is 142 cm³/mol. The van der Waals surface area contributed by atoms with Crippen LogP contribution in [0.15, 0.2) is 102 Å². The molecule has 0 aliphatic heterocycles. The first-order valence-electron chi connectivity index (χ1n) is 11.3. The van der Waals surface area contributed by atoms with E-state index in [0.29, 0.717) is 32.7 Å². The van der Waals surface area contributed by atoms with Crippen LogP contribution in [0.2, 0.25) is 5.02 Å². The molecule has 0 saturated heterocycles. The van der Waals surface area contributed by atoms with Crippen LogP contribution >= 0.6 is 11.6 Å². The number of halogens is 2. The van der Waals surface area contributed by atoms with Crippen LogP contribution in [-0.2, 0) is 0 Å². The highest BCUT2D eigenvalue weighted by atomic mass is 35.5. The highest BCUT2D eigenvalue weighted by Crippen LogP contribution is 2.37. The molecule has 4 aromatic carbocycles. The number of para-hydroxylation sites is 2. The molecule has 0 bridgehead atoms. The number of hydrogen-bond donors (Lipinski definition) is 2. The second-order valence-corrected chi connectivity index (χ2v) is 8.42. The Bertz CT molecular complexity index is 1650. The number of rotatable bonds is 6. The first-order chi connectivity index (χ1) is 18.0. The fourth-order valence-corrected chi connectivity index (χ4v) is 4.16. The Labute approximate surface area is 216 Å². The number of carbonyl (C=O) groups is 2. The molecule has 2 N–H and O–H groups in total. The lowest BCUT2D eigenvalue weighted by atomic mass is 10.0. The summed E-state index contributed by atoms with van der Waals surface area (Å²) in [5.41, 5.74) is 4.67. The topological polar surface area (TPSA) is 83.5 Å². The van der Waals surface area contributed by atoms with E-state index in [9.17, 15) is 14.0 Å². The maximum atomic E-state index is 14.5. The van der Waals surface area contributed by atoms with Crippen LogP contribution in [-0.4, -0.2) is 23.1 Å². The number of amides is 1. The van der Waals surface area contributed by atoms with E-state index < -0.39 is 17.7 Å². The fraction of sp³-hybridized carbons (Fsp3) is 0. The van der Waals surface area contributed by atoms with Gasteiger partial charge in [0.15, 0.2) is 0 Å². The van der Waals surface area contributed by atoms with Gasteiger partial charge in [0.2, 0.25) is 0 Å². The number of nitrogens with one attached hydrogen (secondary N) is 2. The number of fused-ring (bicyclic) bond motifs is 1. The minimum atomic E-state index is -0.597. The van der Waals surface area contributed by atoms with Gasteiger partial charge < -0.3 is 9.72 Å². The van der Waals surface area contributed by atoms with Crippen LogP contribution < -0.4 is 10.2 Å². The van der Waals surface area contributed by atoms with Crippen molar-refractivity contribution in [2.45, 2.75) is 0 Å². The molecule has 0 fully saturated rings. The van der Waals surface area contributed by atoms with Gasteiger partial charge in [0.1, 0.15) is 17.3 Å². The Kier molecular flexibility index (Phi) is 6.78. The van der Waals surface area contributed by atoms with Gasteiger partial charge in [0, 0.05) is 27.1 Å². The number of nitrogens with zero attached hydrogens (tertiary/aromatic N) is 1. The van der Waals surface area contributed by atoms with Crippen molar-refractivity contribution in [1.82, 2.24) is 10.4 Å². The molecule has 1 amide bonds. The summed E-state index contributed by atoms with van der Waals surface area (Å²) in [5.74, 6) is -1.34. The van der Waals surface area contributed by atoms with Crippen LogP contribution in [0.3, 0.4) is 0 Å². The predicted octanol–water partition coefficient (Wildman–Crippen LogP) is 6.61. The molecule has 0 unspecified atom stereocenters. The summed E-state index contributed by atoms with van der Waals surface area (Å²) in [5, 5.41) is 4.98. The average Bonchev–Trinajstić information content (AvgIpc) is 3.31. The Morgan fingerprint density at radius 1 is 0.892 bits per heavy atom. The molecule has 182 valence electrons. The highest BCUT2D eigenvalue weighted by molar-refractivity contribution is 6.34. The molecule has 5 rings (SSSR count). The zero-order valence-electron chi connectivity index (χ0n) is 19.2. The molecule has 0 spiro atoms. The fourth-order valence-electron chi connectivity index (χ4n) is 3.93. The van der Waals surface area contributed by atoms with Crippen LogP contribution in [0, 0.1) is 5.82 Å². The van der Waals surface area contributed by atoms with Crippen LogP contribution in [0.5, 0.6) is 5.75 Å². The summed E-state index contributed by atoms with van der Waals surface area (Å²) < 4.78 is 20.0. The van der Waals surface area contributed by atoms with E-state index in [2.05, 4.69) is 15.5 Å². The van der Waals surface area contributed by atoms with Crippen molar-refractivity contribution >= 4 is 40.6 Å². The van der Waals surface area contributed by atoms with Gasteiger partial charge in [-0.3, -0.25) is 4.79 Å². The van der Waals surface area contributed by atoms with Crippen molar-refractivity contribution in [2.75, 3.05) is 0 Å². The standard InChI is InChI=1S/C29H19ClFN3O3/c30-22-14-6-5-12-20(22)25-21-13-8-15-23(31)26(21)33-27(25)28(35)34-32-17-19-11-4-7-16-24(19)37-29(36)18-9-2-1-3-10-18/h1-17,33H,(H,34,35). The van der Waals surface area contributed by atoms with E-state index in [0.717, 1.165) is 0 Å². The van der Waals surface area contributed by atoms with Crippen molar-refractivity contribution in [3.8, 4) is 16.9 Å². The number of ether oxygens (including phenoxy) is 1. The maximum Gasteiger partial charge on any atom is 0.343 e. The SMILES string of the molecule is O=C(Oc1ccccc1C=NNC(=O)c1[nH]c2c(F)cccc2c1-c1ccccc1Cl)c1ccccc1. The number of hydrazone groups is 1. The number of H-pyrrole nitrogens is 1. The van der Waals surface area contributed by atoms with E-state index in [4.69, 9.17) is 16.3 Å². The van der Waals surface area contributed by atoms with Crippen LogP contribution in [0.25, 0.3) is 22.0 Å². The van der Waals surface area contributed by atoms with E-state index in [1.54, 1.807) is 91.0 Å². The van der Waals surface area contributed by atoms with Gasteiger partial charge in [0.05, 0.1) is 17.3 Å². The molecule has 5 aromatic rings. The molecule has 0 saturated carbocycles. The average molecular weight is 512 g/mol. The number of aromatic amines is 1. The molecular weight excluding hydrogens is 493 g/mol. The molecule has 0 radical (unpaired) electrons. The van der Waals surface area contributed by atoms with Crippen LogP contribution in [0.1, 0.15) is 26.4 Å². The van der Waals surface area contributed by atoms with Gasteiger partial charge in [-0.05, 0) is 36.4 Å². The molecule has 0 atom stereocenters. The number of benzene rings is 4. The second kappa shape index (κ2) is 10.5. The van der Waals surface area contributed by atoms with Crippen LogP contribution in [0.4, 0.5) is 4.39 Å². The Balaban J connectivity index is 1.42. The molecular formula is C29H19ClFN3O3. The molecule has 8 heteroatoms. The van der Waals surface area contributed by atoms with Crippen molar-refractivity contribution < 1.29 is 18.7 Å². The summed E-state index contributed by atoms with van der Waals surface area (Å²) in [7, 11) is 0. The highest BCUT2D eigenvalue weighted by Gasteiger charge is 2.22. The number of aromatic nitrogens is 1. The first-order valence-corrected chi connectivity index (χ1v) is 11.7. The minimum absolute atomic E-state index is 0.106. The Morgan fingerprint density at radius 2 is 1.62 bits per heavy atom. The van der Waals surface area contributed by atoms with Crippen molar-refractivity contribution in [1.29, 1.82) is 0 Å². The molecule has 6 nitrogen and oxygen atoms in total. The third kappa shape index (κ3) is 4.98. The number of esters is 1. The van der Waals surface area contributed by atoms with Gasteiger partial charge >= 0.3 is 5.97 Å². The number of hydrogen-bond acceptors (Lipinski definition) is 4. The lowest BCUT2D eigenvalue weighted by molar-refractivity contribution is 0.0734. The van der Waals surface area contributed by atoms with E-state index in [-0.39, 0.29) is 17.0 Å². The summed E-state index contributed by atoms with van der Waals surface area (Å²) in [6.07, 6.45) is 1.36. The molecule has 0 aliphatic rings. The number of carbonyl (C=O) groups excluding carboxylic acids is 2. The summed E-state index contributed by atoms with van der Waals surface area (Å²) in [6, 6.07) is 27.0. The summed E-state index contributed by atoms with van der Waals surface area (Å²) >= 11 is 6.41. The molecule has 1 aromatic heterocycles. The van der Waals surface area contributed by atoms with E-state index in [1.165, 1.54) is 12.3 Å². The van der Waals surface area contributed by atoms with Crippen molar-refractivity contribution in [3.05, 3.63) is 125 Å². The zero-order valence-corrected chi connectivity index (χ0v) is 20.0. The molecule has 37 heavy (non-hydrogen) atoms. The van der Waals surface area contributed by atoms with E-state index in [1.807, 2.05) is 0 Å². The van der Waals surface area contributed by atoms with Gasteiger partial charge in [-0.15, -0.1) is 0 Å². The smallest absolute Gasteiger partial charge is 0.343 e. The monoisotopic (exact) mass is 511 g/mol. The van der Waals surface area contributed by atoms with Gasteiger partial charge in [-0.25, -0.2) is 14.6 Å². The van der Waals surface area contributed by atoms with E-state index >= 15 is 0 Å². The minimum Gasteiger partial charge on any atom is -0.422 e. The van der Waals surface area contributed by atoms with Crippen molar-refractivity contribution in [2.24, 2.45) is 5.10 Å². The van der Waals surface area contributed by atoms with Gasteiger partial charge in [-0.2, -0.15) is 5.10 Å². The zero-order chi connectivity index (χ0) is 25.8. The molecule has 1 heterocycles. The lowest BCUT2D eigenvalue weighted by Crippen LogP contribution is -2.19. The lowest BCUT2D eigenvalue weighted by Gasteiger charge is -2.08. The molecule has 0 aliphatic carbocycles. The quantitative estimate of drug-likeness (QED) is 0.116. The summed E-state index contributed by atoms with van der Waals surface area (Å²) in [4.78, 5) is 28.5. The third-order valence-corrected chi connectivity index (χ3v) is 5.98. The Hall–Kier alpha value is -4.75. The largest absolute Gasteiger partial charge is 0.422 e.